The fourth-order valence-electron chi connectivity index (χ4n) is 5.21. The average Bonchev–Trinajstić information content (AvgIpc) is 3.28. The lowest BCUT2D eigenvalue weighted by atomic mass is 9.86. The van der Waals surface area contributed by atoms with Crippen LogP contribution < -0.4 is 4.74 Å². The van der Waals surface area contributed by atoms with Gasteiger partial charge in [-0.2, -0.15) is 5.26 Å². The summed E-state index contributed by atoms with van der Waals surface area (Å²) in [4.78, 5) is 16.7. The van der Waals surface area contributed by atoms with Crippen molar-refractivity contribution in [2.75, 3.05) is 7.11 Å². The standard InChI is InChI=1S/C31H29ClN2O2S/c1-20-7-14-25(15-8-20)34(31(35)30-29(32)26-5-3-4-6-28(26)37-30)19-24-17-23(13-16-27(24)36-2)22-11-9-21(18-33)10-12-22/h3-6,9-13,16-17,20,25H,7-8,14-15,19H2,1-2H3. The third-order valence-corrected chi connectivity index (χ3v) is 9.05. The zero-order valence-corrected chi connectivity index (χ0v) is 22.6. The van der Waals surface area contributed by atoms with Gasteiger partial charge in [-0.3, -0.25) is 4.79 Å². The molecule has 0 radical (unpaired) electrons. The molecule has 0 unspecified atom stereocenters. The van der Waals surface area contributed by atoms with E-state index >= 15 is 0 Å². The zero-order chi connectivity index (χ0) is 25.9. The second-order valence-corrected chi connectivity index (χ2v) is 11.2. The van der Waals surface area contributed by atoms with E-state index < -0.39 is 0 Å². The van der Waals surface area contributed by atoms with Crippen LogP contribution in [0.25, 0.3) is 21.2 Å². The Hall–Kier alpha value is -3.33. The molecule has 1 aliphatic carbocycles. The van der Waals surface area contributed by atoms with Crippen LogP contribution in [-0.2, 0) is 6.54 Å². The number of amides is 1. The molecule has 4 aromatic rings. The van der Waals surface area contributed by atoms with E-state index in [0.717, 1.165) is 58.2 Å². The average molecular weight is 529 g/mol. The molecule has 0 N–H and O–H groups in total. The lowest BCUT2D eigenvalue weighted by Crippen LogP contribution is -2.41. The Morgan fingerprint density at radius 3 is 2.43 bits per heavy atom. The maximum Gasteiger partial charge on any atom is 0.266 e. The molecule has 37 heavy (non-hydrogen) atoms. The van der Waals surface area contributed by atoms with Crippen LogP contribution >= 0.6 is 22.9 Å². The van der Waals surface area contributed by atoms with Gasteiger partial charge in [-0.15, -0.1) is 11.3 Å². The number of nitrogens with zero attached hydrogens (tertiary/aromatic N) is 2. The molecule has 0 saturated heterocycles. The minimum Gasteiger partial charge on any atom is -0.496 e. The number of fused-ring (bicyclic) bond motifs is 1. The molecule has 0 bridgehead atoms. The molecule has 4 nitrogen and oxygen atoms in total. The first-order valence-electron chi connectivity index (χ1n) is 12.6. The van der Waals surface area contributed by atoms with E-state index in [1.807, 2.05) is 65.6 Å². The van der Waals surface area contributed by atoms with Gasteiger partial charge in [0.2, 0.25) is 0 Å². The van der Waals surface area contributed by atoms with Crippen molar-refractivity contribution in [3.63, 3.8) is 0 Å². The van der Waals surface area contributed by atoms with Gasteiger partial charge in [0.15, 0.2) is 0 Å². The Bertz CT molecular complexity index is 1460. The van der Waals surface area contributed by atoms with Gasteiger partial charge in [0.05, 0.1) is 23.8 Å². The minimum atomic E-state index is -0.0171. The summed E-state index contributed by atoms with van der Waals surface area (Å²) in [5, 5.41) is 10.6. The summed E-state index contributed by atoms with van der Waals surface area (Å²) >= 11 is 8.23. The quantitative estimate of drug-likeness (QED) is 0.253. The van der Waals surface area contributed by atoms with Crippen molar-refractivity contribution in [1.29, 1.82) is 5.26 Å². The highest BCUT2D eigenvalue weighted by Crippen LogP contribution is 2.38. The topological polar surface area (TPSA) is 53.3 Å². The van der Waals surface area contributed by atoms with E-state index in [9.17, 15) is 4.79 Å². The van der Waals surface area contributed by atoms with Gasteiger partial charge in [0.25, 0.3) is 5.91 Å². The van der Waals surface area contributed by atoms with E-state index in [-0.39, 0.29) is 11.9 Å². The van der Waals surface area contributed by atoms with E-state index in [1.54, 1.807) is 7.11 Å². The molecule has 1 amide bonds. The number of ether oxygens (including phenoxy) is 1. The molecule has 0 spiro atoms. The molecule has 6 heteroatoms. The Labute approximate surface area is 227 Å². The highest BCUT2D eigenvalue weighted by atomic mass is 35.5. The van der Waals surface area contributed by atoms with Crippen molar-refractivity contribution in [3.05, 3.63) is 87.8 Å². The SMILES string of the molecule is COc1ccc(-c2ccc(C#N)cc2)cc1CN(C(=O)c1sc2ccccc2c1Cl)C1CCC(C)CC1. The lowest BCUT2D eigenvalue weighted by Gasteiger charge is -2.36. The number of halogens is 1. The Balaban J connectivity index is 1.53. The van der Waals surface area contributed by atoms with Crippen molar-refractivity contribution < 1.29 is 9.53 Å². The number of rotatable bonds is 6. The zero-order valence-electron chi connectivity index (χ0n) is 21.0. The second kappa shape index (κ2) is 11.0. The van der Waals surface area contributed by atoms with Gasteiger partial charge >= 0.3 is 0 Å². The number of carbonyl (C=O) groups excluding carboxylic acids is 1. The predicted molar refractivity (Wildman–Crippen MR) is 151 cm³/mol. The number of nitriles is 1. The minimum absolute atomic E-state index is 0.0171. The normalized spacial score (nSPS) is 17.4. The summed E-state index contributed by atoms with van der Waals surface area (Å²) in [6, 6.07) is 23.8. The molecule has 1 heterocycles. The molecular formula is C31H29ClN2O2S. The van der Waals surface area contributed by atoms with Gasteiger partial charge in [-0.1, -0.05) is 54.9 Å². The lowest BCUT2D eigenvalue weighted by molar-refractivity contribution is 0.0597. The summed E-state index contributed by atoms with van der Waals surface area (Å²) in [7, 11) is 1.66. The molecule has 1 saturated carbocycles. The maximum absolute atomic E-state index is 14.1. The van der Waals surface area contributed by atoms with Crippen molar-refractivity contribution in [3.8, 4) is 22.9 Å². The van der Waals surface area contributed by atoms with Crippen LogP contribution in [0.1, 0.15) is 53.4 Å². The number of thiophene rings is 1. The summed E-state index contributed by atoms with van der Waals surface area (Å²) in [5.74, 6) is 1.41. The van der Waals surface area contributed by atoms with Crippen molar-refractivity contribution >= 4 is 38.9 Å². The number of carbonyl (C=O) groups is 1. The molecule has 3 aromatic carbocycles. The van der Waals surface area contributed by atoms with E-state index in [0.29, 0.717) is 27.9 Å². The molecule has 1 aromatic heterocycles. The van der Waals surface area contributed by atoms with Crippen LogP contribution in [0, 0.1) is 17.2 Å². The van der Waals surface area contributed by atoms with Crippen LogP contribution in [0.3, 0.4) is 0 Å². The van der Waals surface area contributed by atoms with E-state index in [1.165, 1.54) is 11.3 Å². The van der Waals surface area contributed by atoms with Crippen molar-refractivity contribution in [2.24, 2.45) is 5.92 Å². The fourth-order valence-corrected chi connectivity index (χ4v) is 6.67. The first kappa shape index (κ1) is 25.3. The van der Waals surface area contributed by atoms with Gasteiger partial charge in [-0.05, 0) is 73.1 Å². The van der Waals surface area contributed by atoms with Gasteiger partial charge in [-0.25, -0.2) is 0 Å². The number of benzene rings is 3. The Morgan fingerprint density at radius 2 is 1.76 bits per heavy atom. The summed E-state index contributed by atoms with van der Waals surface area (Å²) < 4.78 is 6.75. The van der Waals surface area contributed by atoms with Crippen molar-refractivity contribution in [2.45, 2.75) is 45.2 Å². The highest BCUT2D eigenvalue weighted by Gasteiger charge is 2.31. The summed E-state index contributed by atoms with van der Waals surface area (Å²) in [6.07, 6.45) is 4.17. The maximum atomic E-state index is 14.1. The molecule has 1 aliphatic rings. The Morgan fingerprint density at radius 1 is 1.05 bits per heavy atom. The van der Waals surface area contributed by atoms with Gasteiger partial charge in [0, 0.05) is 28.2 Å². The smallest absolute Gasteiger partial charge is 0.266 e. The summed E-state index contributed by atoms with van der Waals surface area (Å²) in [5.41, 5.74) is 3.61. The first-order chi connectivity index (χ1) is 18.0. The van der Waals surface area contributed by atoms with E-state index in [2.05, 4.69) is 19.1 Å². The molecule has 1 fully saturated rings. The van der Waals surface area contributed by atoms with Gasteiger partial charge in [0.1, 0.15) is 10.6 Å². The molecule has 0 aliphatic heterocycles. The van der Waals surface area contributed by atoms with Gasteiger partial charge < -0.3 is 9.64 Å². The first-order valence-corrected chi connectivity index (χ1v) is 13.8. The monoisotopic (exact) mass is 528 g/mol. The highest BCUT2D eigenvalue weighted by molar-refractivity contribution is 7.21. The summed E-state index contributed by atoms with van der Waals surface area (Å²) in [6.45, 7) is 2.73. The van der Waals surface area contributed by atoms with Crippen molar-refractivity contribution in [1.82, 2.24) is 4.90 Å². The third kappa shape index (κ3) is 5.23. The van der Waals surface area contributed by atoms with Crippen LogP contribution in [0.5, 0.6) is 5.75 Å². The van der Waals surface area contributed by atoms with Crippen LogP contribution in [0.15, 0.2) is 66.7 Å². The number of hydrogen-bond donors (Lipinski definition) is 0. The van der Waals surface area contributed by atoms with Crippen LogP contribution in [-0.4, -0.2) is 24.0 Å². The largest absolute Gasteiger partial charge is 0.496 e. The predicted octanol–water partition coefficient (Wildman–Crippen LogP) is 8.32. The van der Waals surface area contributed by atoms with Crippen LogP contribution in [0.4, 0.5) is 0 Å². The molecule has 188 valence electrons. The second-order valence-electron chi connectivity index (χ2n) is 9.80. The molecule has 5 rings (SSSR count). The molecular weight excluding hydrogens is 500 g/mol. The number of methoxy groups -OCH3 is 1. The van der Waals surface area contributed by atoms with E-state index in [4.69, 9.17) is 21.6 Å². The third-order valence-electron chi connectivity index (χ3n) is 7.38. The number of hydrogen-bond acceptors (Lipinski definition) is 4. The fraction of sp³-hybridized carbons (Fsp3) is 0.290. The van der Waals surface area contributed by atoms with Crippen LogP contribution in [0.2, 0.25) is 5.02 Å². The molecule has 0 atom stereocenters. The Kier molecular flexibility index (Phi) is 7.50.